The zero-order valence-electron chi connectivity index (χ0n) is 12.6. The van der Waals surface area contributed by atoms with Gasteiger partial charge < -0.3 is 0 Å². The zero-order valence-corrected chi connectivity index (χ0v) is 15.0. The normalized spacial score (nSPS) is 10.8. The van der Waals surface area contributed by atoms with Crippen LogP contribution in [-0.2, 0) is 6.42 Å². The third-order valence-electron chi connectivity index (χ3n) is 3.32. The Kier molecular flexibility index (Phi) is 5.24. The van der Waals surface area contributed by atoms with Crippen molar-refractivity contribution in [3.05, 3.63) is 59.7 Å². The summed E-state index contributed by atoms with van der Waals surface area (Å²) < 4.78 is 1.26. The summed E-state index contributed by atoms with van der Waals surface area (Å²) in [5, 5.41) is 1.20. The lowest BCUT2D eigenvalue weighted by molar-refractivity contribution is 1.09. The van der Waals surface area contributed by atoms with E-state index in [0.29, 0.717) is 0 Å². The minimum atomic E-state index is 1.00. The van der Waals surface area contributed by atoms with E-state index in [4.69, 9.17) is 0 Å². The quantitative estimate of drug-likeness (QED) is 0.508. The molecule has 0 aliphatic carbocycles. The molecule has 1 aromatic heterocycles. The summed E-state index contributed by atoms with van der Waals surface area (Å²) in [7, 11) is 0. The summed E-state index contributed by atoms with van der Waals surface area (Å²) in [6, 6.07) is 17.3. The molecule has 0 aliphatic rings. The SMILES string of the molecule is CCc1ncc(Sc2ccc(SC)cc2-c2ccccc2)s1. The molecule has 0 amide bonds. The average molecular weight is 344 g/mol. The van der Waals surface area contributed by atoms with Gasteiger partial charge in [0.05, 0.1) is 15.4 Å². The summed E-state index contributed by atoms with van der Waals surface area (Å²) in [6.07, 6.45) is 5.11. The Morgan fingerprint density at radius 3 is 2.59 bits per heavy atom. The smallest absolute Gasteiger partial charge is 0.0934 e. The van der Waals surface area contributed by atoms with Gasteiger partial charge in [-0.25, -0.2) is 4.98 Å². The maximum atomic E-state index is 4.46. The number of rotatable bonds is 5. The Hall–Kier alpha value is -1.23. The molecule has 0 N–H and O–H groups in total. The molecule has 0 bridgehead atoms. The lowest BCUT2D eigenvalue weighted by Crippen LogP contribution is -1.83. The summed E-state index contributed by atoms with van der Waals surface area (Å²) in [5.41, 5.74) is 2.56. The van der Waals surface area contributed by atoms with Crippen molar-refractivity contribution in [3.63, 3.8) is 0 Å². The van der Waals surface area contributed by atoms with Crippen LogP contribution in [-0.4, -0.2) is 11.2 Å². The topological polar surface area (TPSA) is 12.9 Å². The molecule has 0 aliphatic heterocycles. The van der Waals surface area contributed by atoms with Crippen LogP contribution in [0.25, 0.3) is 11.1 Å². The van der Waals surface area contributed by atoms with Crippen LogP contribution < -0.4 is 0 Å². The van der Waals surface area contributed by atoms with Crippen molar-refractivity contribution in [2.45, 2.75) is 27.3 Å². The molecule has 0 radical (unpaired) electrons. The molecule has 0 unspecified atom stereocenters. The van der Waals surface area contributed by atoms with Crippen LogP contribution in [0.15, 0.2) is 68.7 Å². The maximum Gasteiger partial charge on any atom is 0.0934 e. The van der Waals surface area contributed by atoms with Gasteiger partial charge in [-0.1, -0.05) is 49.0 Å². The van der Waals surface area contributed by atoms with Gasteiger partial charge in [0.2, 0.25) is 0 Å². The lowest BCUT2D eigenvalue weighted by atomic mass is 10.1. The van der Waals surface area contributed by atoms with E-state index in [0.717, 1.165) is 6.42 Å². The van der Waals surface area contributed by atoms with Gasteiger partial charge in [0.15, 0.2) is 0 Å². The first-order valence-corrected chi connectivity index (χ1v) is 10.0. The maximum absolute atomic E-state index is 4.46. The van der Waals surface area contributed by atoms with Gasteiger partial charge in [0, 0.05) is 9.79 Å². The number of hydrogen-bond acceptors (Lipinski definition) is 4. The largest absolute Gasteiger partial charge is 0.248 e. The van der Waals surface area contributed by atoms with Crippen molar-refractivity contribution in [2.75, 3.05) is 6.26 Å². The average Bonchev–Trinajstić information content (AvgIpc) is 3.04. The fourth-order valence-corrected chi connectivity index (χ4v) is 4.68. The summed E-state index contributed by atoms with van der Waals surface area (Å²) in [5.74, 6) is 0. The molecule has 4 heteroatoms. The molecule has 1 heterocycles. The van der Waals surface area contributed by atoms with Crippen LogP contribution in [0.5, 0.6) is 0 Å². The first-order valence-electron chi connectivity index (χ1n) is 7.16. The molecule has 3 aromatic rings. The molecule has 3 rings (SSSR count). The number of nitrogens with zero attached hydrogens (tertiary/aromatic N) is 1. The molecular weight excluding hydrogens is 326 g/mol. The van der Waals surface area contributed by atoms with Crippen LogP contribution in [0.1, 0.15) is 11.9 Å². The highest BCUT2D eigenvalue weighted by Gasteiger charge is 2.10. The van der Waals surface area contributed by atoms with Crippen LogP contribution in [0.3, 0.4) is 0 Å². The van der Waals surface area contributed by atoms with Gasteiger partial charge >= 0.3 is 0 Å². The first-order chi connectivity index (χ1) is 10.8. The number of thiazole rings is 1. The predicted octanol–water partition coefficient (Wildman–Crippen LogP) is 6.25. The summed E-state index contributed by atoms with van der Waals surface area (Å²) in [4.78, 5) is 7.04. The molecule has 2 aromatic carbocycles. The number of aromatic nitrogens is 1. The number of thioether (sulfide) groups is 1. The van der Waals surface area contributed by atoms with Crippen molar-refractivity contribution >= 4 is 34.9 Å². The minimum absolute atomic E-state index is 1.00. The van der Waals surface area contributed by atoms with Crippen molar-refractivity contribution in [1.82, 2.24) is 4.98 Å². The van der Waals surface area contributed by atoms with Gasteiger partial charge in [-0.2, -0.15) is 0 Å². The highest BCUT2D eigenvalue weighted by atomic mass is 32.2. The van der Waals surface area contributed by atoms with Crippen LogP contribution in [0.4, 0.5) is 0 Å². The zero-order chi connectivity index (χ0) is 15.4. The fraction of sp³-hybridized carbons (Fsp3) is 0.167. The molecular formula is C18H17NS3. The minimum Gasteiger partial charge on any atom is -0.248 e. The molecule has 112 valence electrons. The molecule has 0 atom stereocenters. The van der Waals surface area contributed by atoms with Gasteiger partial charge in [0.25, 0.3) is 0 Å². The molecule has 0 saturated carbocycles. The Morgan fingerprint density at radius 2 is 1.91 bits per heavy atom. The van der Waals surface area contributed by atoms with E-state index in [9.17, 15) is 0 Å². The van der Waals surface area contributed by atoms with Gasteiger partial charge in [-0.15, -0.1) is 23.1 Å². The van der Waals surface area contributed by atoms with E-state index >= 15 is 0 Å². The Labute approximate surface area is 144 Å². The lowest BCUT2D eigenvalue weighted by Gasteiger charge is -2.10. The van der Waals surface area contributed by atoms with E-state index in [1.54, 1.807) is 23.1 Å². The second-order valence-electron chi connectivity index (χ2n) is 4.76. The third kappa shape index (κ3) is 3.57. The third-order valence-corrected chi connectivity index (χ3v) is 6.36. The van der Waals surface area contributed by atoms with E-state index in [2.05, 4.69) is 66.7 Å². The van der Waals surface area contributed by atoms with E-state index in [1.165, 1.54) is 30.1 Å². The molecule has 0 spiro atoms. The Morgan fingerprint density at radius 1 is 1.09 bits per heavy atom. The Bertz CT molecular complexity index is 750. The molecule has 0 saturated heterocycles. The van der Waals surface area contributed by atoms with Crippen molar-refractivity contribution in [1.29, 1.82) is 0 Å². The number of benzene rings is 2. The molecule has 0 fully saturated rings. The monoisotopic (exact) mass is 343 g/mol. The highest BCUT2D eigenvalue weighted by Crippen LogP contribution is 2.39. The van der Waals surface area contributed by atoms with Crippen molar-refractivity contribution in [3.8, 4) is 11.1 Å². The number of hydrogen-bond donors (Lipinski definition) is 0. The second-order valence-corrected chi connectivity index (χ2v) is 8.09. The Balaban J connectivity index is 1.99. The highest BCUT2D eigenvalue weighted by molar-refractivity contribution is 8.01. The van der Waals surface area contributed by atoms with E-state index < -0.39 is 0 Å². The molecule has 1 nitrogen and oxygen atoms in total. The van der Waals surface area contributed by atoms with Gasteiger partial charge in [0.1, 0.15) is 0 Å². The fourth-order valence-electron chi connectivity index (χ4n) is 2.18. The standard InChI is InChI=1S/C18H17NS3/c1-3-17-19-12-18(22-17)21-16-10-9-14(20-2)11-15(16)13-7-5-4-6-8-13/h4-12H,3H2,1-2H3. The number of aryl methyl sites for hydroxylation is 1. The van der Waals surface area contributed by atoms with Crippen LogP contribution in [0, 0.1) is 0 Å². The van der Waals surface area contributed by atoms with E-state index in [1.807, 2.05) is 18.0 Å². The van der Waals surface area contributed by atoms with Gasteiger partial charge in [-0.05, 0) is 42.0 Å². The van der Waals surface area contributed by atoms with Crippen molar-refractivity contribution in [2.24, 2.45) is 0 Å². The molecule has 22 heavy (non-hydrogen) atoms. The van der Waals surface area contributed by atoms with Gasteiger partial charge in [-0.3, -0.25) is 0 Å². The second kappa shape index (κ2) is 7.36. The van der Waals surface area contributed by atoms with Crippen LogP contribution in [0.2, 0.25) is 0 Å². The summed E-state index contributed by atoms with van der Waals surface area (Å²) in [6.45, 7) is 2.15. The first kappa shape index (κ1) is 15.7. The van der Waals surface area contributed by atoms with Crippen molar-refractivity contribution < 1.29 is 0 Å². The van der Waals surface area contributed by atoms with E-state index in [-0.39, 0.29) is 0 Å². The summed E-state index contributed by atoms with van der Waals surface area (Å²) >= 11 is 5.38. The van der Waals surface area contributed by atoms with Crippen LogP contribution >= 0.6 is 34.9 Å². The predicted molar refractivity (Wildman–Crippen MR) is 99.3 cm³/mol.